The first kappa shape index (κ1) is 16.1. The Kier molecular flexibility index (Phi) is 4.24. The van der Waals surface area contributed by atoms with Crippen LogP contribution in [-0.2, 0) is 12.8 Å². The van der Waals surface area contributed by atoms with E-state index in [0.717, 1.165) is 29.8 Å². The summed E-state index contributed by atoms with van der Waals surface area (Å²) in [5.74, 6) is -0.0264. The van der Waals surface area contributed by atoms with Gasteiger partial charge in [-0.2, -0.15) is 10.4 Å². The van der Waals surface area contributed by atoms with Gasteiger partial charge in [0.05, 0.1) is 17.3 Å². The van der Waals surface area contributed by atoms with Crippen molar-refractivity contribution in [3.05, 3.63) is 77.0 Å². The third kappa shape index (κ3) is 2.98. The van der Waals surface area contributed by atoms with E-state index < -0.39 is 0 Å². The van der Waals surface area contributed by atoms with E-state index in [1.54, 1.807) is 24.3 Å². The van der Waals surface area contributed by atoms with Crippen molar-refractivity contribution < 1.29 is 4.79 Å². The van der Waals surface area contributed by atoms with Gasteiger partial charge in [0, 0.05) is 41.9 Å². The van der Waals surface area contributed by atoms with Crippen molar-refractivity contribution in [1.29, 1.82) is 5.26 Å². The molecule has 0 fully saturated rings. The van der Waals surface area contributed by atoms with Gasteiger partial charge >= 0.3 is 0 Å². The lowest BCUT2D eigenvalue weighted by molar-refractivity contribution is 0.0762. The second-order valence-corrected chi connectivity index (χ2v) is 6.38. The third-order valence-corrected chi connectivity index (χ3v) is 4.79. The van der Waals surface area contributed by atoms with Crippen molar-refractivity contribution in [3.63, 3.8) is 0 Å². The summed E-state index contributed by atoms with van der Waals surface area (Å²) in [5.41, 5.74) is 5.43. The van der Waals surface area contributed by atoms with Crippen LogP contribution in [-0.4, -0.2) is 34.1 Å². The van der Waals surface area contributed by atoms with Gasteiger partial charge in [0.2, 0.25) is 0 Å². The minimum atomic E-state index is -0.0264. The standard InChI is InChI=1S/C21H18N4O/c22-14-15-5-4-8-17(13-15)21(26)25-11-9-18-19(10-12-25)23-24-20(18)16-6-2-1-3-7-16/h1-8,13H,9-12H2,(H,23,24). The van der Waals surface area contributed by atoms with E-state index in [-0.39, 0.29) is 5.91 Å². The molecular formula is C21H18N4O. The van der Waals surface area contributed by atoms with Crippen molar-refractivity contribution in [2.45, 2.75) is 12.8 Å². The molecule has 1 amide bonds. The molecule has 0 spiro atoms. The van der Waals surface area contributed by atoms with Crippen LogP contribution < -0.4 is 0 Å². The van der Waals surface area contributed by atoms with Gasteiger partial charge in [-0.3, -0.25) is 9.89 Å². The van der Waals surface area contributed by atoms with E-state index in [0.29, 0.717) is 24.2 Å². The second kappa shape index (κ2) is 6.85. The van der Waals surface area contributed by atoms with Crippen LogP contribution in [0, 0.1) is 11.3 Å². The van der Waals surface area contributed by atoms with Gasteiger partial charge in [-0.15, -0.1) is 0 Å². The quantitative estimate of drug-likeness (QED) is 0.777. The highest BCUT2D eigenvalue weighted by atomic mass is 16.2. The van der Waals surface area contributed by atoms with Crippen LogP contribution in [0.4, 0.5) is 0 Å². The van der Waals surface area contributed by atoms with Gasteiger partial charge in [0.25, 0.3) is 5.91 Å². The molecule has 3 aromatic rings. The number of H-pyrrole nitrogens is 1. The molecule has 5 nitrogen and oxygen atoms in total. The Morgan fingerprint density at radius 1 is 1.08 bits per heavy atom. The van der Waals surface area contributed by atoms with Gasteiger partial charge < -0.3 is 4.90 Å². The number of aromatic nitrogens is 2. The lowest BCUT2D eigenvalue weighted by Gasteiger charge is -2.20. The molecule has 1 aliphatic heterocycles. The zero-order valence-corrected chi connectivity index (χ0v) is 14.3. The minimum Gasteiger partial charge on any atom is -0.338 e. The highest BCUT2D eigenvalue weighted by molar-refractivity contribution is 5.94. The van der Waals surface area contributed by atoms with Crippen LogP contribution in [0.15, 0.2) is 54.6 Å². The molecule has 0 saturated heterocycles. The summed E-state index contributed by atoms with van der Waals surface area (Å²) in [7, 11) is 0. The van der Waals surface area contributed by atoms with Crippen molar-refractivity contribution in [3.8, 4) is 17.3 Å². The first-order chi connectivity index (χ1) is 12.8. The van der Waals surface area contributed by atoms with E-state index in [2.05, 4.69) is 28.4 Å². The average Bonchev–Trinajstić information content (AvgIpc) is 2.99. The minimum absolute atomic E-state index is 0.0264. The lowest BCUT2D eigenvalue weighted by Crippen LogP contribution is -2.33. The number of amides is 1. The SMILES string of the molecule is N#Cc1cccc(C(=O)N2CCc3[nH]nc(-c4ccccc4)c3CC2)c1. The Bertz CT molecular complexity index is 985. The number of nitrogens with zero attached hydrogens (tertiary/aromatic N) is 3. The van der Waals surface area contributed by atoms with Gasteiger partial charge in [0.1, 0.15) is 0 Å². The predicted octanol–water partition coefficient (Wildman–Crippen LogP) is 3.19. The highest BCUT2D eigenvalue weighted by Gasteiger charge is 2.23. The molecule has 2 heterocycles. The topological polar surface area (TPSA) is 72.8 Å². The molecule has 0 radical (unpaired) electrons. The molecule has 2 aromatic carbocycles. The summed E-state index contributed by atoms with van der Waals surface area (Å²) < 4.78 is 0. The maximum atomic E-state index is 12.8. The number of nitriles is 1. The molecule has 128 valence electrons. The van der Waals surface area contributed by atoms with Crippen LogP contribution in [0.3, 0.4) is 0 Å². The van der Waals surface area contributed by atoms with Crippen LogP contribution in [0.5, 0.6) is 0 Å². The monoisotopic (exact) mass is 342 g/mol. The van der Waals surface area contributed by atoms with E-state index in [1.165, 1.54) is 5.56 Å². The number of carbonyl (C=O) groups excluding carboxylic acids is 1. The number of carbonyl (C=O) groups is 1. The van der Waals surface area contributed by atoms with E-state index in [9.17, 15) is 4.79 Å². The Labute approximate surface area is 151 Å². The number of fused-ring (bicyclic) bond motifs is 1. The third-order valence-electron chi connectivity index (χ3n) is 4.79. The fourth-order valence-corrected chi connectivity index (χ4v) is 3.42. The molecule has 1 aromatic heterocycles. The summed E-state index contributed by atoms with van der Waals surface area (Å²) in [5, 5.41) is 16.7. The van der Waals surface area contributed by atoms with Gasteiger partial charge in [-0.1, -0.05) is 36.4 Å². The number of aromatic amines is 1. The van der Waals surface area contributed by atoms with Crippen molar-refractivity contribution in [2.24, 2.45) is 0 Å². The number of rotatable bonds is 2. The summed E-state index contributed by atoms with van der Waals surface area (Å²) >= 11 is 0. The molecule has 0 atom stereocenters. The Hall–Kier alpha value is -3.39. The van der Waals surface area contributed by atoms with E-state index >= 15 is 0 Å². The number of nitrogens with one attached hydrogen (secondary N) is 1. The summed E-state index contributed by atoms with van der Waals surface area (Å²) in [4.78, 5) is 14.7. The fourth-order valence-electron chi connectivity index (χ4n) is 3.42. The maximum Gasteiger partial charge on any atom is 0.253 e. The first-order valence-corrected chi connectivity index (χ1v) is 8.67. The van der Waals surface area contributed by atoms with Crippen molar-refractivity contribution >= 4 is 5.91 Å². The average molecular weight is 342 g/mol. The largest absolute Gasteiger partial charge is 0.338 e. The Morgan fingerprint density at radius 2 is 1.88 bits per heavy atom. The molecule has 0 saturated carbocycles. The van der Waals surface area contributed by atoms with E-state index in [4.69, 9.17) is 5.26 Å². The second-order valence-electron chi connectivity index (χ2n) is 6.38. The number of benzene rings is 2. The molecule has 1 aliphatic rings. The molecule has 26 heavy (non-hydrogen) atoms. The maximum absolute atomic E-state index is 12.8. The molecular weight excluding hydrogens is 324 g/mol. The zero-order chi connectivity index (χ0) is 17.9. The zero-order valence-electron chi connectivity index (χ0n) is 14.3. The van der Waals surface area contributed by atoms with Gasteiger partial charge in [-0.05, 0) is 24.6 Å². The smallest absolute Gasteiger partial charge is 0.253 e. The predicted molar refractivity (Wildman–Crippen MR) is 98.5 cm³/mol. The summed E-state index contributed by atoms with van der Waals surface area (Å²) in [6.45, 7) is 1.28. The van der Waals surface area contributed by atoms with E-state index in [1.807, 2.05) is 23.1 Å². The van der Waals surface area contributed by atoms with Gasteiger partial charge in [0.15, 0.2) is 0 Å². The molecule has 4 rings (SSSR count). The molecule has 0 unspecified atom stereocenters. The molecule has 5 heteroatoms. The van der Waals surface area contributed by atoms with Crippen LogP contribution in [0.1, 0.15) is 27.2 Å². The fraction of sp³-hybridized carbons (Fsp3) is 0.190. The Morgan fingerprint density at radius 3 is 2.69 bits per heavy atom. The molecule has 1 N–H and O–H groups in total. The first-order valence-electron chi connectivity index (χ1n) is 8.67. The Balaban J connectivity index is 1.56. The highest BCUT2D eigenvalue weighted by Crippen LogP contribution is 2.26. The van der Waals surface area contributed by atoms with Crippen LogP contribution in [0.2, 0.25) is 0 Å². The van der Waals surface area contributed by atoms with Crippen LogP contribution >= 0.6 is 0 Å². The van der Waals surface area contributed by atoms with Gasteiger partial charge in [-0.25, -0.2) is 0 Å². The molecule has 0 aliphatic carbocycles. The number of hydrogen-bond acceptors (Lipinski definition) is 3. The van der Waals surface area contributed by atoms with Crippen molar-refractivity contribution in [2.75, 3.05) is 13.1 Å². The lowest BCUT2D eigenvalue weighted by atomic mass is 10.0. The number of hydrogen-bond donors (Lipinski definition) is 1. The molecule has 0 bridgehead atoms. The normalized spacial score (nSPS) is 13.6. The summed E-state index contributed by atoms with van der Waals surface area (Å²) in [6.07, 6.45) is 1.51. The summed E-state index contributed by atoms with van der Waals surface area (Å²) in [6, 6.07) is 19.1. The van der Waals surface area contributed by atoms with Crippen LogP contribution in [0.25, 0.3) is 11.3 Å². The van der Waals surface area contributed by atoms with Crippen molar-refractivity contribution in [1.82, 2.24) is 15.1 Å².